The predicted octanol–water partition coefficient (Wildman–Crippen LogP) is 2.42. The molecule has 2 N–H and O–H groups in total. The molecule has 0 bridgehead atoms. The van der Waals surface area contributed by atoms with Crippen LogP contribution in [-0.2, 0) is 6.54 Å². The molecule has 0 saturated carbocycles. The largest absolute Gasteiger partial charge is 0.326 e. The summed E-state index contributed by atoms with van der Waals surface area (Å²) in [4.78, 5) is 6.48. The van der Waals surface area contributed by atoms with Crippen LogP contribution in [0.3, 0.4) is 0 Å². The predicted molar refractivity (Wildman–Crippen MR) is 72.7 cm³/mol. The zero-order valence-corrected chi connectivity index (χ0v) is 11.3. The lowest BCUT2D eigenvalue weighted by atomic mass is 10.00. The maximum absolute atomic E-state index is 5.99. The van der Waals surface area contributed by atoms with Crippen LogP contribution in [0, 0.1) is 0 Å². The van der Waals surface area contributed by atoms with Gasteiger partial charge in [-0.2, -0.15) is 0 Å². The van der Waals surface area contributed by atoms with Crippen molar-refractivity contribution in [3.8, 4) is 0 Å². The SMILES string of the molecule is CCN(CCCC(C)(C)N)Cc1ccncc1. The fourth-order valence-corrected chi connectivity index (χ4v) is 1.85. The molecular formula is C14H25N3. The Bertz CT molecular complexity index is 303. The number of hydrogen-bond acceptors (Lipinski definition) is 3. The summed E-state index contributed by atoms with van der Waals surface area (Å²) in [6.07, 6.45) is 5.93. The highest BCUT2D eigenvalue weighted by Crippen LogP contribution is 2.09. The Hall–Kier alpha value is -0.930. The van der Waals surface area contributed by atoms with Gasteiger partial charge in [0.2, 0.25) is 0 Å². The van der Waals surface area contributed by atoms with Crippen LogP contribution in [0.5, 0.6) is 0 Å². The van der Waals surface area contributed by atoms with Crippen LogP contribution in [0.15, 0.2) is 24.5 Å². The van der Waals surface area contributed by atoms with E-state index in [1.54, 1.807) is 0 Å². The van der Waals surface area contributed by atoms with Crippen LogP contribution in [-0.4, -0.2) is 28.5 Å². The second-order valence-corrected chi connectivity index (χ2v) is 5.32. The number of nitrogens with two attached hydrogens (primary N) is 1. The van der Waals surface area contributed by atoms with E-state index in [1.165, 1.54) is 5.56 Å². The van der Waals surface area contributed by atoms with Gasteiger partial charge < -0.3 is 5.73 Å². The molecule has 0 amide bonds. The summed E-state index contributed by atoms with van der Waals surface area (Å²) >= 11 is 0. The van der Waals surface area contributed by atoms with Crippen molar-refractivity contribution in [2.75, 3.05) is 13.1 Å². The Labute approximate surface area is 105 Å². The Morgan fingerprint density at radius 1 is 1.29 bits per heavy atom. The summed E-state index contributed by atoms with van der Waals surface area (Å²) in [6.45, 7) is 9.57. The third kappa shape index (κ3) is 6.39. The van der Waals surface area contributed by atoms with Crippen molar-refractivity contribution in [1.82, 2.24) is 9.88 Å². The second kappa shape index (κ2) is 6.72. The Balaban J connectivity index is 2.34. The van der Waals surface area contributed by atoms with Gasteiger partial charge in [-0.3, -0.25) is 9.88 Å². The first-order chi connectivity index (χ1) is 8.01. The molecule has 0 saturated heterocycles. The number of hydrogen-bond donors (Lipinski definition) is 1. The fraction of sp³-hybridized carbons (Fsp3) is 0.643. The van der Waals surface area contributed by atoms with Crippen molar-refractivity contribution in [3.63, 3.8) is 0 Å². The van der Waals surface area contributed by atoms with Gasteiger partial charge in [-0.1, -0.05) is 6.92 Å². The van der Waals surface area contributed by atoms with Crippen LogP contribution in [0.2, 0.25) is 0 Å². The van der Waals surface area contributed by atoms with Crippen molar-refractivity contribution >= 4 is 0 Å². The van der Waals surface area contributed by atoms with Crippen LogP contribution >= 0.6 is 0 Å². The van der Waals surface area contributed by atoms with Crippen molar-refractivity contribution in [2.45, 2.75) is 45.7 Å². The highest BCUT2D eigenvalue weighted by atomic mass is 15.1. The van der Waals surface area contributed by atoms with Gasteiger partial charge >= 0.3 is 0 Å². The number of aromatic nitrogens is 1. The molecule has 96 valence electrons. The molecule has 1 aromatic heterocycles. The first-order valence-corrected chi connectivity index (χ1v) is 6.41. The summed E-state index contributed by atoms with van der Waals surface area (Å²) in [6, 6.07) is 4.16. The number of nitrogens with zero attached hydrogens (tertiary/aromatic N) is 2. The summed E-state index contributed by atoms with van der Waals surface area (Å²) in [5.74, 6) is 0. The lowest BCUT2D eigenvalue weighted by Crippen LogP contribution is -2.33. The van der Waals surface area contributed by atoms with Crippen LogP contribution < -0.4 is 5.73 Å². The van der Waals surface area contributed by atoms with E-state index in [0.29, 0.717) is 0 Å². The molecule has 1 aromatic rings. The van der Waals surface area contributed by atoms with Crippen LogP contribution in [0.25, 0.3) is 0 Å². The van der Waals surface area contributed by atoms with Gasteiger partial charge in [0.25, 0.3) is 0 Å². The fourth-order valence-electron chi connectivity index (χ4n) is 1.85. The van der Waals surface area contributed by atoms with Crippen molar-refractivity contribution in [3.05, 3.63) is 30.1 Å². The Kier molecular flexibility index (Phi) is 5.59. The minimum absolute atomic E-state index is 0.0456. The third-order valence-electron chi connectivity index (χ3n) is 2.90. The number of rotatable bonds is 7. The monoisotopic (exact) mass is 235 g/mol. The normalized spacial score (nSPS) is 12.1. The number of pyridine rings is 1. The topological polar surface area (TPSA) is 42.1 Å². The van der Waals surface area contributed by atoms with Gasteiger partial charge in [0.05, 0.1) is 0 Å². The molecule has 17 heavy (non-hydrogen) atoms. The van der Waals surface area contributed by atoms with Gasteiger partial charge in [-0.25, -0.2) is 0 Å². The van der Waals surface area contributed by atoms with Gasteiger partial charge in [-0.15, -0.1) is 0 Å². The molecule has 0 unspecified atom stereocenters. The quantitative estimate of drug-likeness (QED) is 0.789. The second-order valence-electron chi connectivity index (χ2n) is 5.32. The average molecular weight is 235 g/mol. The molecule has 0 atom stereocenters. The van der Waals surface area contributed by atoms with E-state index in [-0.39, 0.29) is 5.54 Å². The van der Waals surface area contributed by atoms with E-state index < -0.39 is 0 Å². The molecule has 0 fully saturated rings. The minimum Gasteiger partial charge on any atom is -0.326 e. The molecule has 0 spiro atoms. The van der Waals surface area contributed by atoms with Gasteiger partial charge in [0.15, 0.2) is 0 Å². The summed E-state index contributed by atoms with van der Waals surface area (Å²) < 4.78 is 0. The average Bonchev–Trinajstić information content (AvgIpc) is 2.27. The van der Waals surface area contributed by atoms with E-state index in [2.05, 4.69) is 42.8 Å². The molecule has 0 aliphatic rings. The minimum atomic E-state index is -0.0456. The molecule has 0 aliphatic heterocycles. The van der Waals surface area contributed by atoms with Crippen LogP contribution in [0.1, 0.15) is 39.2 Å². The first-order valence-electron chi connectivity index (χ1n) is 6.41. The molecule has 1 rings (SSSR count). The van der Waals surface area contributed by atoms with E-state index in [1.807, 2.05) is 12.4 Å². The molecular weight excluding hydrogens is 210 g/mol. The standard InChI is InChI=1S/C14H25N3/c1-4-17(11-5-8-14(2,3)15)12-13-6-9-16-10-7-13/h6-7,9-10H,4-5,8,11-12,15H2,1-3H3. The lowest BCUT2D eigenvalue weighted by Gasteiger charge is -2.23. The van der Waals surface area contributed by atoms with E-state index in [4.69, 9.17) is 5.73 Å². The van der Waals surface area contributed by atoms with E-state index in [0.717, 1.165) is 32.5 Å². The zero-order valence-electron chi connectivity index (χ0n) is 11.3. The summed E-state index contributed by atoms with van der Waals surface area (Å²) in [5, 5.41) is 0. The summed E-state index contributed by atoms with van der Waals surface area (Å²) in [5.41, 5.74) is 7.27. The smallest absolute Gasteiger partial charge is 0.0271 e. The maximum Gasteiger partial charge on any atom is 0.0271 e. The van der Waals surface area contributed by atoms with Gasteiger partial charge in [-0.05, 0) is 57.5 Å². The molecule has 3 nitrogen and oxygen atoms in total. The van der Waals surface area contributed by atoms with Crippen molar-refractivity contribution in [1.29, 1.82) is 0 Å². The van der Waals surface area contributed by atoms with Gasteiger partial charge in [0.1, 0.15) is 0 Å². The Morgan fingerprint density at radius 3 is 2.47 bits per heavy atom. The van der Waals surface area contributed by atoms with Crippen molar-refractivity contribution in [2.24, 2.45) is 5.73 Å². The maximum atomic E-state index is 5.99. The lowest BCUT2D eigenvalue weighted by molar-refractivity contribution is 0.263. The van der Waals surface area contributed by atoms with Crippen LogP contribution in [0.4, 0.5) is 0 Å². The highest BCUT2D eigenvalue weighted by molar-refractivity contribution is 5.09. The van der Waals surface area contributed by atoms with Crippen molar-refractivity contribution < 1.29 is 0 Å². The summed E-state index contributed by atoms with van der Waals surface area (Å²) in [7, 11) is 0. The van der Waals surface area contributed by atoms with E-state index >= 15 is 0 Å². The third-order valence-corrected chi connectivity index (χ3v) is 2.90. The molecule has 0 aliphatic carbocycles. The van der Waals surface area contributed by atoms with E-state index in [9.17, 15) is 0 Å². The highest BCUT2D eigenvalue weighted by Gasteiger charge is 2.11. The molecule has 0 radical (unpaired) electrons. The molecule has 0 aromatic carbocycles. The Morgan fingerprint density at radius 2 is 1.94 bits per heavy atom. The molecule has 3 heteroatoms. The molecule has 1 heterocycles. The zero-order chi connectivity index (χ0) is 12.7. The first kappa shape index (κ1) is 14.1. The van der Waals surface area contributed by atoms with Gasteiger partial charge in [0, 0.05) is 24.5 Å².